The number of benzene rings is 2. The Morgan fingerprint density at radius 1 is 1.00 bits per heavy atom. The molecule has 2 amide bonds. The molecule has 4 rings (SSSR count). The predicted octanol–water partition coefficient (Wildman–Crippen LogP) is 2.66. The molecule has 6 nitrogen and oxygen atoms in total. The standard InChI is InChI=1S/C19H15N3O3/c1-25-12-7-8-15-13(9-12)14(10-20-15)16-17(19(24)22-18(16)23)21-11-5-3-2-4-6-11/h2-10,20H,1H3,(H2,21,22,23,24). The molecule has 0 saturated heterocycles. The minimum absolute atomic E-state index is 0.236. The van der Waals surface area contributed by atoms with Crippen LogP contribution in [-0.2, 0) is 9.59 Å². The third kappa shape index (κ3) is 2.53. The van der Waals surface area contributed by atoms with Crippen LogP contribution < -0.4 is 15.4 Å². The number of aromatic amines is 1. The number of aromatic nitrogens is 1. The predicted molar refractivity (Wildman–Crippen MR) is 95.0 cm³/mol. The smallest absolute Gasteiger partial charge is 0.275 e. The van der Waals surface area contributed by atoms with E-state index in [9.17, 15) is 9.59 Å². The molecule has 0 bridgehead atoms. The van der Waals surface area contributed by atoms with Crippen LogP contribution in [0.1, 0.15) is 5.56 Å². The second kappa shape index (κ2) is 5.83. The molecule has 1 aromatic heterocycles. The van der Waals surface area contributed by atoms with Gasteiger partial charge in [-0.25, -0.2) is 0 Å². The van der Waals surface area contributed by atoms with Crippen molar-refractivity contribution in [2.45, 2.75) is 0 Å². The summed E-state index contributed by atoms with van der Waals surface area (Å²) < 4.78 is 5.27. The lowest BCUT2D eigenvalue weighted by molar-refractivity contribution is -0.123. The fourth-order valence-corrected chi connectivity index (χ4v) is 2.93. The maximum Gasteiger partial charge on any atom is 0.275 e. The van der Waals surface area contributed by atoms with Gasteiger partial charge in [0, 0.05) is 28.4 Å². The van der Waals surface area contributed by atoms with Gasteiger partial charge in [-0.15, -0.1) is 0 Å². The maximum absolute atomic E-state index is 12.4. The summed E-state index contributed by atoms with van der Waals surface area (Å²) in [6.07, 6.45) is 1.73. The number of methoxy groups -OCH3 is 1. The molecule has 2 aromatic carbocycles. The number of imide groups is 1. The van der Waals surface area contributed by atoms with E-state index in [-0.39, 0.29) is 5.70 Å². The average Bonchev–Trinajstić information content (AvgIpc) is 3.16. The van der Waals surface area contributed by atoms with Gasteiger partial charge in [0.2, 0.25) is 0 Å². The first-order chi connectivity index (χ1) is 12.2. The minimum atomic E-state index is -0.443. The first-order valence-corrected chi connectivity index (χ1v) is 7.75. The van der Waals surface area contributed by atoms with Gasteiger partial charge >= 0.3 is 0 Å². The van der Waals surface area contributed by atoms with Gasteiger partial charge in [-0.1, -0.05) is 18.2 Å². The van der Waals surface area contributed by atoms with Crippen molar-refractivity contribution in [3.63, 3.8) is 0 Å². The van der Waals surface area contributed by atoms with Crippen LogP contribution in [0.3, 0.4) is 0 Å². The normalized spacial score (nSPS) is 14.1. The van der Waals surface area contributed by atoms with Gasteiger partial charge in [0.15, 0.2) is 0 Å². The van der Waals surface area contributed by atoms with Gasteiger partial charge in [0.25, 0.3) is 11.8 Å². The van der Waals surface area contributed by atoms with E-state index in [1.54, 1.807) is 13.3 Å². The molecule has 3 N–H and O–H groups in total. The van der Waals surface area contributed by atoms with Crippen LogP contribution in [0.2, 0.25) is 0 Å². The zero-order valence-corrected chi connectivity index (χ0v) is 13.4. The second-order valence-corrected chi connectivity index (χ2v) is 5.64. The molecule has 1 aliphatic heterocycles. The summed E-state index contributed by atoms with van der Waals surface area (Å²) in [5.41, 5.74) is 2.79. The molecule has 6 heteroatoms. The Morgan fingerprint density at radius 2 is 1.80 bits per heavy atom. The molecule has 3 aromatic rings. The Morgan fingerprint density at radius 3 is 2.56 bits per heavy atom. The molecular weight excluding hydrogens is 318 g/mol. The van der Waals surface area contributed by atoms with Gasteiger partial charge in [0.1, 0.15) is 11.4 Å². The monoisotopic (exact) mass is 333 g/mol. The number of amides is 2. The van der Waals surface area contributed by atoms with Crippen molar-refractivity contribution in [1.82, 2.24) is 10.3 Å². The zero-order valence-electron chi connectivity index (χ0n) is 13.4. The third-order valence-electron chi connectivity index (χ3n) is 4.13. The highest BCUT2D eigenvalue weighted by molar-refractivity contribution is 6.38. The molecular formula is C19H15N3O3. The fraction of sp³-hybridized carbons (Fsp3) is 0.0526. The molecule has 0 unspecified atom stereocenters. The average molecular weight is 333 g/mol. The van der Waals surface area contributed by atoms with Gasteiger partial charge < -0.3 is 15.0 Å². The molecule has 1 aliphatic rings. The Labute approximate surface area is 143 Å². The van der Waals surface area contributed by atoms with Gasteiger partial charge in [-0.05, 0) is 30.3 Å². The molecule has 0 spiro atoms. The second-order valence-electron chi connectivity index (χ2n) is 5.64. The number of carbonyl (C=O) groups is 2. The molecule has 0 saturated carbocycles. The lowest BCUT2D eigenvalue weighted by atomic mass is 10.0. The summed E-state index contributed by atoms with van der Waals surface area (Å²) >= 11 is 0. The highest BCUT2D eigenvalue weighted by Gasteiger charge is 2.32. The van der Waals surface area contributed by atoms with Crippen molar-refractivity contribution < 1.29 is 14.3 Å². The van der Waals surface area contributed by atoms with Crippen molar-refractivity contribution in [2.75, 3.05) is 12.4 Å². The third-order valence-corrected chi connectivity index (χ3v) is 4.13. The van der Waals surface area contributed by atoms with Crippen molar-refractivity contribution in [2.24, 2.45) is 0 Å². The van der Waals surface area contributed by atoms with Crippen LogP contribution in [0.25, 0.3) is 16.5 Å². The summed E-state index contributed by atoms with van der Waals surface area (Å²) in [6.45, 7) is 0. The Bertz CT molecular complexity index is 1020. The van der Waals surface area contributed by atoms with Crippen LogP contribution in [-0.4, -0.2) is 23.9 Å². The van der Waals surface area contributed by atoms with E-state index in [4.69, 9.17) is 4.74 Å². The first kappa shape index (κ1) is 15.0. The lowest BCUT2D eigenvalue weighted by Crippen LogP contribution is -2.24. The van der Waals surface area contributed by atoms with E-state index in [1.165, 1.54) is 0 Å². The van der Waals surface area contributed by atoms with Crippen molar-refractivity contribution >= 4 is 34.0 Å². The molecule has 0 fully saturated rings. The summed E-state index contributed by atoms with van der Waals surface area (Å²) in [5, 5.41) is 6.23. The number of fused-ring (bicyclic) bond motifs is 1. The molecule has 0 atom stereocenters. The Hall–Kier alpha value is -3.54. The molecule has 0 aliphatic carbocycles. The molecule has 2 heterocycles. The van der Waals surface area contributed by atoms with Crippen LogP contribution >= 0.6 is 0 Å². The number of ether oxygens (including phenoxy) is 1. The van der Waals surface area contributed by atoms with Gasteiger partial charge in [0.05, 0.1) is 12.7 Å². The van der Waals surface area contributed by atoms with Crippen LogP contribution in [0.15, 0.2) is 60.4 Å². The van der Waals surface area contributed by atoms with Crippen LogP contribution in [0.5, 0.6) is 5.75 Å². The lowest BCUT2D eigenvalue weighted by Gasteiger charge is -2.07. The highest BCUT2D eigenvalue weighted by Crippen LogP contribution is 2.32. The van der Waals surface area contributed by atoms with E-state index in [0.29, 0.717) is 16.9 Å². The number of carbonyl (C=O) groups excluding carboxylic acids is 2. The number of para-hydroxylation sites is 1. The maximum atomic E-state index is 12.4. The summed E-state index contributed by atoms with van der Waals surface area (Å²) in [4.78, 5) is 27.8. The van der Waals surface area contributed by atoms with E-state index in [2.05, 4.69) is 15.6 Å². The molecule has 25 heavy (non-hydrogen) atoms. The van der Waals surface area contributed by atoms with Crippen molar-refractivity contribution in [3.8, 4) is 5.75 Å². The molecule has 0 radical (unpaired) electrons. The van der Waals surface area contributed by atoms with E-state index in [0.717, 1.165) is 16.6 Å². The van der Waals surface area contributed by atoms with Crippen molar-refractivity contribution in [3.05, 3.63) is 66.0 Å². The topological polar surface area (TPSA) is 83.2 Å². The quantitative estimate of drug-likeness (QED) is 0.641. The number of hydrogen-bond acceptors (Lipinski definition) is 4. The highest BCUT2D eigenvalue weighted by atomic mass is 16.5. The molecule has 124 valence electrons. The SMILES string of the molecule is COc1ccc2[nH]cc(C3=C(Nc4ccccc4)C(=O)NC3=O)c2c1. The van der Waals surface area contributed by atoms with Gasteiger partial charge in [-0.2, -0.15) is 0 Å². The minimum Gasteiger partial charge on any atom is -0.497 e. The zero-order chi connectivity index (χ0) is 17.4. The van der Waals surface area contributed by atoms with E-state index in [1.807, 2.05) is 48.5 Å². The number of nitrogens with one attached hydrogen (secondary N) is 3. The summed E-state index contributed by atoms with van der Waals surface area (Å²) in [7, 11) is 1.58. The fourth-order valence-electron chi connectivity index (χ4n) is 2.93. The first-order valence-electron chi connectivity index (χ1n) is 7.75. The largest absolute Gasteiger partial charge is 0.497 e. The number of hydrogen-bond donors (Lipinski definition) is 3. The number of anilines is 1. The van der Waals surface area contributed by atoms with E-state index < -0.39 is 11.8 Å². The van der Waals surface area contributed by atoms with Gasteiger partial charge in [-0.3, -0.25) is 14.9 Å². The van der Waals surface area contributed by atoms with Crippen molar-refractivity contribution in [1.29, 1.82) is 0 Å². The number of H-pyrrole nitrogens is 1. The van der Waals surface area contributed by atoms with Crippen LogP contribution in [0, 0.1) is 0 Å². The van der Waals surface area contributed by atoms with E-state index >= 15 is 0 Å². The Kier molecular flexibility index (Phi) is 3.50. The summed E-state index contributed by atoms with van der Waals surface area (Å²) in [5.74, 6) is -0.190. The summed E-state index contributed by atoms with van der Waals surface area (Å²) in [6, 6.07) is 14.8. The van der Waals surface area contributed by atoms with Crippen LogP contribution in [0.4, 0.5) is 5.69 Å². The Balaban J connectivity index is 1.88. The number of rotatable bonds is 4.